The van der Waals surface area contributed by atoms with Crippen LogP contribution in [0.4, 0.5) is 10.5 Å². The number of rotatable bonds is 7. The molecular weight excluding hydrogens is 408 g/mol. The molecule has 32 heavy (non-hydrogen) atoms. The van der Waals surface area contributed by atoms with Crippen LogP contribution in [0, 0.1) is 0 Å². The summed E-state index contributed by atoms with van der Waals surface area (Å²) in [6, 6.07) is 25.8. The molecular formula is C25H22N2O5. The van der Waals surface area contributed by atoms with E-state index in [9.17, 15) is 14.4 Å². The summed E-state index contributed by atoms with van der Waals surface area (Å²) in [5.74, 6) is -1.34. The fraction of sp³-hybridized carbons (Fsp3) is 0.160. The van der Waals surface area contributed by atoms with Gasteiger partial charge in [0.25, 0.3) is 5.91 Å². The highest BCUT2D eigenvalue weighted by atomic mass is 16.6. The van der Waals surface area contributed by atoms with E-state index in [0.717, 1.165) is 16.0 Å². The predicted octanol–water partition coefficient (Wildman–Crippen LogP) is 3.46. The zero-order valence-corrected chi connectivity index (χ0v) is 17.4. The Kier molecular flexibility index (Phi) is 6.28. The summed E-state index contributed by atoms with van der Waals surface area (Å²) in [4.78, 5) is 39.4. The third-order valence-electron chi connectivity index (χ3n) is 5.26. The number of ether oxygens (including phenoxy) is 2. The van der Waals surface area contributed by atoms with Gasteiger partial charge in [0.15, 0.2) is 6.04 Å². The Hall–Kier alpha value is -3.97. The second kappa shape index (κ2) is 9.45. The van der Waals surface area contributed by atoms with Crippen molar-refractivity contribution in [1.29, 1.82) is 0 Å². The zero-order chi connectivity index (χ0) is 22.5. The van der Waals surface area contributed by atoms with Crippen LogP contribution < -0.4 is 10.2 Å². The van der Waals surface area contributed by atoms with Crippen LogP contribution in [0.15, 0.2) is 91.0 Å². The van der Waals surface area contributed by atoms with Crippen molar-refractivity contribution in [1.82, 2.24) is 5.32 Å². The van der Waals surface area contributed by atoms with Gasteiger partial charge < -0.3 is 9.47 Å². The summed E-state index contributed by atoms with van der Waals surface area (Å²) in [5.41, 5.74) is 2.13. The molecule has 0 aromatic heterocycles. The van der Waals surface area contributed by atoms with E-state index in [1.54, 1.807) is 30.3 Å². The fourth-order valence-electron chi connectivity index (χ4n) is 3.71. The number of esters is 1. The normalized spacial score (nSPS) is 16.7. The highest BCUT2D eigenvalue weighted by Gasteiger charge is 2.49. The molecule has 1 aliphatic heterocycles. The first-order valence-corrected chi connectivity index (χ1v) is 10.1. The smallest absolute Gasteiger partial charge is 0.422 e. The molecule has 1 aliphatic rings. The summed E-state index contributed by atoms with van der Waals surface area (Å²) in [6.07, 6.45) is -2.21. The van der Waals surface area contributed by atoms with Gasteiger partial charge in [-0.05, 0) is 23.3 Å². The first-order valence-electron chi connectivity index (χ1n) is 10.1. The average Bonchev–Trinajstić information content (AvgIpc) is 3.14. The number of para-hydroxylation sites is 1. The minimum atomic E-state index is -1.37. The molecule has 3 aromatic rings. The van der Waals surface area contributed by atoms with Gasteiger partial charge in [-0.3, -0.25) is 14.9 Å². The SMILES string of the molecule is COC(=O)[C@@H](NC(c1ccccc1)c1ccccc1)[C@@H]1OC(=O)N(c2ccccc2)C1=O. The number of nitrogens with zero attached hydrogens (tertiary/aromatic N) is 1. The summed E-state index contributed by atoms with van der Waals surface area (Å²) < 4.78 is 10.3. The van der Waals surface area contributed by atoms with Crippen molar-refractivity contribution in [2.24, 2.45) is 0 Å². The molecule has 1 fully saturated rings. The molecule has 0 aliphatic carbocycles. The van der Waals surface area contributed by atoms with E-state index in [2.05, 4.69) is 5.32 Å². The Balaban J connectivity index is 1.68. The minimum absolute atomic E-state index is 0.372. The number of imide groups is 1. The van der Waals surface area contributed by atoms with Gasteiger partial charge in [-0.15, -0.1) is 0 Å². The number of hydrogen-bond acceptors (Lipinski definition) is 6. The lowest BCUT2D eigenvalue weighted by molar-refractivity contribution is -0.148. The number of cyclic esters (lactones) is 1. The number of carbonyl (C=O) groups is 3. The Morgan fingerprint density at radius 3 is 1.88 bits per heavy atom. The molecule has 1 N–H and O–H groups in total. The highest BCUT2D eigenvalue weighted by molar-refractivity contribution is 6.19. The Bertz CT molecular complexity index is 1050. The predicted molar refractivity (Wildman–Crippen MR) is 118 cm³/mol. The molecule has 0 spiro atoms. The molecule has 3 aromatic carbocycles. The van der Waals surface area contributed by atoms with Crippen LogP contribution in [-0.2, 0) is 19.1 Å². The largest absolute Gasteiger partial charge is 0.468 e. The van der Waals surface area contributed by atoms with Gasteiger partial charge >= 0.3 is 12.1 Å². The maximum absolute atomic E-state index is 13.2. The first-order chi connectivity index (χ1) is 15.6. The molecule has 2 amide bonds. The highest BCUT2D eigenvalue weighted by Crippen LogP contribution is 2.28. The van der Waals surface area contributed by atoms with E-state index in [0.29, 0.717) is 5.69 Å². The molecule has 0 unspecified atom stereocenters. The second-order valence-electron chi connectivity index (χ2n) is 7.24. The van der Waals surface area contributed by atoms with Crippen molar-refractivity contribution in [3.8, 4) is 0 Å². The molecule has 7 nitrogen and oxygen atoms in total. The Morgan fingerprint density at radius 1 is 0.875 bits per heavy atom. The molecule has 2 atom stereocenters. The van der Waals surface area contributed by atoms with Crippen LogP contribution in [0.5, 0.6) is 0 Å². The lowest BCUT2D eigenvalue weighted by atomic mass is 9.96. The van der Waals surface area contributed by atoms with Crippen LogP contribution in [-0.4, -0.2) is 37.2 Å². The van der Waals surface area contributed by atoms with Crippen molar-refractivity contribution in [2.45, 2.75) is 18.2 Å². The van der Waals surface area contributed by atoms with Gasteiger partial charge in [-0.1, -0.05) is 78.9 Å². The van der Waals surface area contributed by atoms with Crippen LogP contribution in [0.2, 0.25) is 0 Å². The fourth-order valence-corrected chi connectivity index (χ4v) is 3.71. The molecule has 1 saturated heterocycles. The summed E-state index contributed by atoms with van der Waals surface area (Å²) in [7, 11) is 1.23. The summed E-state index contributed by atoms with van der Waals surface area (Å²) >= 11 is 0. The number of carbonyl (C=O) groups excluding carboxylic acids is 3. The summed E-state index contributed by atoms with van der Waals surface area (Å²) in [5, 5.41) is 3.20. The van der Waals surface area contributed by atoms with Crippen molar-refractivity contribution in [3.63, 3.8) is 0 Å². The van der Waals surface area contributed by atoms with Gasteiger partial charge in [0.2, 0.25) is 6.10 Å². The number of methoxy groups -OCH3 is 1. The third-order valence-corrected chi connectivity index (χ3v) is 5.26. The number of hydrogen-bond donors (Lipinski definition) is 1. The molecule has 162 valence electrons. The van der Waals surface area contributed by atoms with E-state index in [4.69, 9.17) is 9.47 Å². The standard InChI is InChI=1S/C25H22N2O5/c1-31-24(29)21(22-23(28)27(25(30)32-22)19-15-9-4-10-16-19)26-20(17-11-5-2-6-12-17)18-13-7-3-8-14-18/h2-16,20-22,26H,1H3/t21-,22-/m0/s1. The molecule has 0 radical (unpaired) electrons. The van der Waals surface area contributed by atoms with Crippen LogP contribution >= 0.6 is 0 Å². The lowest BCUT2D eigenvalue weighted by Gasteiger charge is -2.27. The quantitative estimate of drug-likeness (QED) is 0.578. The van der Waals surface area contributed by atoms with Crippen LogP contribution in [0.25, 0.3) is 0 Å². The van der Waals surface area contributed by atoms with Gasteiger partial charge in [-0.2, -0.15) is 0 Å². The van der Waals surface area contributed by atoms with Gasteiger partial charge in [-0.25, -0.2) is 9.69 Å². The number of anilines is 1. The lowest BCUT2D eigenvalue weighted by Crippen LogP contribution is -2.52. The van der Waals surface area contributed by atoms with Crippen molar-refractivity contribution >= 4 is 23.7 Å². The van der Waals surface area contributed by atoms with E-state index in [1.807, 2.05) is 60.7 Å². The zero-order valence-electron chi connectivity index (χ0n) is 17.4. The van der Waals surface area contributed by atoms with Crippen LogP contribution in [0.3, 0.4) is 0 Å². The minimum Gasteiger partial charge on any atom is -0.468 e. The summed E-state index contributed by atoms with van der Waals surface area (Å²) in [6.45, 7) is 0. The van der Waals surface area contributed by atoms with Gasteiger partial charge in [0.1, 0.15) is 0 Å². The molecule has 0 bridgehead atoms. The van der Waals surface area contributed by atoms with Crippen LogP contribution in [0.1, 0.15) is 17.2 Å². The number of amides is 2. The third kappa shape index (κ3) is 4.24. The van der Waals surface area contributed by atoms with E-state index < -0.39 is 36.2 Å². The Labute approximate surface area is 185 Å². The van der Waals surface area contributed by atoms with E-state index >= 15 is 0 Å². The van der Waals surface area contributed by atoms with Gasteiger partial charge in [0.05, 0.1) is 18.8 Å². The average molecular weight is 430 g/mol. The first kappa shape index (κ1) is 21.3. The number of nitrogens with one attached hydrogen (secondary N) is 1. The molecule has 1 heterocycles. The van der Waals surface area contributed by atoms with Crippen molar-refractivity contribution in [3.05, 3.63) is 102 Å². The Morgan fingerprint density at radius 2 is 1.38 bits per heavy atom. The van der Waals surface area contributed by atoms with Crippen molar-refractivity contribution in [2.75, 3.05) is 12.0 Å². The second-order valence-corrected chi connectivity index (χ2v) is 7.24. The maximum atomic E-state index is 13.2. The molecule has 0 saturated carbocycles. The topological polar surface area (TPSA) is 84.9 Å². The monoisotopic (exact) mass is 430 g/mol. The number of benzene rings is 3. The van der Waals surface area contributed by atoms with Crippen molar-refractivity contribution < 1.29 is 23.9 Å². The molecule has 7 heteroatoms. The van der Waals surface area contributed by atoms with E-state index in [1.165, 1.54) is 7.11 Å². The van der Waals surface area contributed by atoms with Gasteiger partial charge in [0, 0.05) is 0 Å². The molecule has 4 rings (SSSR count). The van der Waals surface area contributed by atoms with E-state index in [-0.39, 0.29) is 0 Å². The maximum Gasteiger partial charge on any atom is 0.422 e.